The molecule has 0 aliphatic carbocycles. The maximum atomic E-state index is 5.25. The fourth-order valence-corrected chi connectivity index (χ4v) is 3.06. The molecule has 0 saturated carbocycles. The van der Waals surface area contributed by atoms with Crippen LogP contribution in [0.25, 0.3) is 5.82 Å². The summed E-state index contributed by atoms with van der Waals surface area (Å²) in [6.45, 7) is 8.90. The minimum atomic E-state index is 0.285. The zero-order chi connectivity index (χ0) is 19.4. The van der Waals surface area contributed by atoms with Crippen molar-refractivity contribution in [2.24, 2.45) is 5.10 Å². The summed E-state index contributed by atoms with van der Waals surface area (Å²) in [5, 5.41) is 12.2. The van der Waals surface area contributed by atoms with Crippen LogP contribution in [0.15, 0.2) is 46.2 Å². The monoisotopic (exact) mass is 384 g/mol. The highest BCUT2D eigenvalue weighted by Gasteiger charge is 2.14. The van der Waals surface area contributed by atoms with E-state index in [1.54, 1.807) is 12.5 Å². The number of rotatable bonds is 6. The first kappa shape index (κ1) is 18.9. The Morgan fingerprint density at radius 1 is 1.37 bits per heavy atom. The Morgan fingerprint density at radius 3 is 2.89 bits per heavy atom. The largest absolute Gasteiger partial charge is 0.467 e. The predicted molar refractivity (Wildman–Crippen MR) is 110 cm³/mol. The van der Waals surface area contributed by atoms with E-state index in [4.69, 9.17) is 16.6 Å². The normalized spacial score (nSPS) is 11.4. The van der Waals surface area contributed by atoms with Crippen LogP contribution in [-0.2, 0) is 6.54 Å². The number of nitrogens with one attached hydrogen (secondary N) is 2. The molecule has 2 N–H and O–H groups in total. The lowest BCUT2D eigenvalue weighted by atomic mass is 10.3. The molecule has 0 aliphatic rings. The smallest absolute Gasteiger partial charge is 0.187 e. The van der Waals surface area contributed by atoms with Crippen LogP contribution in [0.1, 0.15) is 42.6 Å². The van der Waals surface area contributed by atoms with Gasteiger partial charge < -0.3 is 14.3 Å². The van der Waals surface area contributed by atoms with Gasteiger partial charge in [0.05, 0.1) is 25.2 Å². The first-order valence-corrected chi connectivity index (χ1v) is 9.20. The lowest BCUT2D eigenvalue weighted by Gasteiger charge is -2.15. The van der Waals surface area contributed by atoms with E-state index in [0.29, 0.717) is 11.7 Å². The van der Waals surface area contributed by atoms with Crippen molar-refractivity contribution in [2.45, 2.75) is 40.3 Å². The highest BCUT2D eigenvalue weighted by Crippen LogP contribution is 2.21. The van der Waals surface area contributed by atoms with E-state index < -0.39 is 0 Å². The highest BCUT2D eigenvalue weighted by atomic mass is 32.1. The minimum absolute atomic E-state index is 0.285. The van der Waals surface area contributed by atoms with Crippen molar-refractivity contribution in [1.29, 1.82) is 0 Å². The standard InChI is InChI=1S/C19H24N6OS/c1-13(2)25-18(7-8-22-25)24-14(3)10-16(15(24)4)11-21-23-19(27)20-12-17-6-5-9-26-17/h5-11,13H,12H2,1-4H3,(H2,20,23,27)/b21-11-. The lowest BCUT2D eigenvalue weighted by Crippen LogP contribution is -2.31. The number of hydrogen-bond acceptors (Lipinski definition) is 4. The number of nitrogens with zero attached hydrogens (tertiary/aromatic N) is 4. The third kappa shape index (κ3) is 4.28. The molecule has 0 aliphatic heterocycles. The summed E-state index contributed by atoms with van der Waals surface area (Å²) >= 11 is 5.22. The van der Waals surface area contributed by atoms with Crippen molar-refractivity contribution in [3.8, 4) is 5.82 Å². The molecular weight excluding hydrogens is 360 g/mol. The molecule has 0 atom stereocenters. The SMILES string of the molecule is Cc1cc(/C=N\NC(=S)NCc2ccco2)c(C)n1-c1ccnn1C(C)C. The van der Waals surface area contributed by atoms with Crippen molar-refractivity contribution in [3.05, 3.63) is 59.4 Å². The molecular formula is C19H24N6OS. The summed E-state index contributed by atoms with van der Waals surface area (Å²) in [4.78, 5) is 0. The maximum Gasteiger partial charge on any atom is 0.187 e. The molecule has 3 aromatic rings. The van der Waals surface area contributed by atoms with E-state index in [1.165, 1.54) is 0 Å². The zero-order valence-electron chi connectivity index (χ0n) is 15.9. The van der Waals surface area contributed by atoms with E-state index in [9.17, 15) is 0 Å². The Hall–Kier alpha value is -2.87. The molecule has 0 unspecified atom stereocenters. The molecule has 0 fully saturated rings. The zero-order valence-corrected chi connectivity index (χ0v) is 16.7. The number of hydrogen-bond donors (Lipinski definition) is 2. The van der Waals surface area contributed by atoms with Crippen LogP contribution in [0.5, 0.6) is 0 Å². The van der Waals surface area contributed by atoms with Crippen molar-refractivity contribution < 1.29 is 4.42 Å². The minimum Gasteiger partial charge on any atom is -0.467 e. The van der Waals surface area contributed by atoms with E-state index in [-0.39, 0.29) is 6.04 Å². The third-order valence-corrected chi connectivity index (χ3v) is 4.45. The van der Waals surface area contributed by atoms with Gasteiger partial charge in [-0.05, 0) is 58.1 Å². The summed E-state index contributed by atoms with van der Waals surface area (Å²) in [5.41, 5.74) is 6.07. The van der Waals surface area contributed by atoms with E-state index in [1.807, 2.05) is 29.1 Å². The number of aryl methyl sites for hydroxylation is 1. The van der Waals surface area contributed by atoms with Crippen LogP contribution in [0, 0.1) is 13.8 Å². The molecule has 0 spiro atoms. The number of aromatic nitrogens is 3. The quantitative estimate of drug-likeness (QED) is 0.387. The molecule has 3 heterocycles. The van der Waals surface area contributed by atoms with Gasteiger partial charge in [-0.1, -0.05) is 0 Å². The van der Waals surface area contributed by atoms with Crippen LogP contribution in [0.4, 0.5) is 0 Å². The van der Waals surface area contributed by atoms with Crippen LogP contribution in [-0.4, -0.2) is 25.7 Å². The van der Waals surface area contributed by atoms with E-state index in [2.05, 4.69) is 59.3 Å². The Morgan fingerprint density at radius 2 is 2.19 bits per heavy atom. The Labute approximate surface area is 164 Å². The Kier molecular flexibility index (Phi) is 5.75. The predicted octanol–water partition coefficient (Wildman–Crippen LogP) is 3.46. The van der Waals surface area contributed by atoms with E-state index >= 15 is 0 Å². The molecule has 0 bridgehead atoms. The molecule has 27 heavy (non-hydrogen) atoms. The second kappa shape index (κ2) is 8.22. The van der Waals surface area contributed by atoms with Gasteiger partial charge in [0.25, 0.3) is 0 Å². The van der Waals surface area contributed by atoms with Crippen LogP contribution >= 0.6 is 12.2 Å². The van der Waals surface area contributed by atoms with Gasteiger partial charge in [-0.25, -0.2) is 4.68 Å². The van der Waals surface area contributed by atoms with Gasteiger partial charge in [-0.3, -0.25) is 5.43 Å². The van der Waals surface area contributed by atoms with Gasteiger partial charge in [0.2, 0.25) is 0 Å². The summed E-state index contributed by atoms with van der Waals surface area (Å²) in [6, 6.07) is 8.12. The third-order valence-electron chi connectivity index (χ3n) is 4.21. The second-order valence-electron chi connectivity index (χ2n) is 6.52. The fourth-order valence-electron chi connectivity index (χ4n) is 2.93. The topological polar surface area (TPSA) is 72.3 Å². The molecule has 3 aromatic heterocycles. The Bertz CT molecular complexity index is 936. The van der Waals surface area contributed by atoms with Crippen LogP contribution < -0.4 is 10.7 Å². The van der Waals surface area contributed by atoms with Crippen molar-refractivity contribution >= 4 is 23.5 Å². The average Bonchev–Trinajstić information content (AvgIpc) is 3.34. The molecule has 0 saturated heterocycles. The van der Waals surface area contributed by atoms with Gasteiger partial charge in [0.1, 0.15) is 11.6 Å². The first-order chi connectivity index (χ1) is 13.0. The summed E-state index contributed by atoms with van der Waals surface area (Å²) in [6.07, 6.45) is 5.23. The Balaban J connectivity index is 1.68. The number of hydrazone groups is 1. The molecule has 0 aromatic carbocycles. The van der Waals surface area contributed by atoms with E-state index in [0.717, 1.165) is 28.5 Å². The van der Waals surface area contributed by atoms with Crippen LogP contribution in [0.2, 0.25) is 0 Å². The molecule has 7 nitrogen and oxygen atoms in total. The first-order valence-electron chi connectivity index (χ1n) is 8.79. The summed E-state index contributed by atoms with van der Waals surface area (Å²) in [7, 11) is 0. The summed E-state index contributed by atoms with van der Waals surface area (Å²) in [5.74, 6) is 1.86. The van der Waals surface area contributed by atoms with Gasteiger partial charge >= 0.3 is 0 Å². The lowest BCUT2D eigenvalue weighted by molar-refractivity contribution is 0.502. The molecule has 0 radical (unpaired) electrons. The van der Waals surface area contributed by atoms with Gasteiger partial charge in [0, 0.05) is 29.1 Å². The van der Waals surface area contributed by atoms with Crippen molar-refractivity contribution in [1.82, 2.24) is 25.1 Å². The molecule has 142 valence electrons. The fraction of sp³-hybridized carbons (Fsp3) is 0.316. The average molecular weight is 385 g/mol. The maximum absolute atomic E-state index is 5.25. The van der Waals surface area contributed by atoms with Gasteiger partial charge in [-0.15, -0.1) is 0 Å². The number of thiocarbonyl (C=S) groups is 1. The summed E-state index contributed by atoms with van der Waals surface area (Å²) < 4.78 is 9.44. The van der Waals surface area contributed by atoms with Gasteiger partial charge in [0.15, 0.2) is 5.11 Å². The number of furan rings is 1. The van der Waals surface area contributed by atoms with Crippen molar-refractivity contribution in [2.75, 3.05) is 0 Å². The molecule has 0 amide bonds. The van der Waals surface area contributed by atoms with Gasteiger partial charge in [-0.2, -0.15) is 10.2 Å². The molecule has 8 heteroatoms. The van der Waals surface area contributed by atoms with Crippen LogP contribution in [0.3, 0.4) is 0 Å². The second-order valence-corrected chi connectivity index (χ2v) is 6.93. The highest BCUT2D eigenvalue weighted by molar-refractivity contribution is 7.80. The molecule has 3 rings (SSSR count). The van der Waals surface area contributed by atoms with Crippen molar-refractivity contribution in [3.63, 3.8) is 0 Å².